The number of fused-ring (bicyclic) bond motifs is 4. The largest absolute Gasteiger partial charge is 0.467 e. The van der Waals surface area contributed by atoms with Crippen LogP contribution in [0, 0.1) is 23.0 Å². The van der Waals surface area contributed by atoms with Crippen molar-refractivity contribution in [1.29, 1.82) is 5.26 Å². The summed E-state index contributed by atoms with van der Waals surface area (Å²) >= 11 is 2.50. The molecule has 2 bridgehead atoms. The third-order valence-electron chi connectivity index (χ3n) is 6.75. The van der Waals surface area contributed by atoms with Gasteiger partial charge in [-0.2, -0.15) is 40.2 Å². The quantitative estimate of drug-likeness (QED) is 0.315. The van der Waals surface area contributed by atoms with Gasteiger partial charge in [-0.3, -0.25) is 0 Å². The molecule has 13 heteroatoms. The highest BCUT2D eigenvalue weighted by molar-refractivity contribution is 8.00. The molecule has 2 aromatic heterocycles. The summed E-state index contributed by atoms with van der Waals surface area (Å²) in [4.78, 5) is 10.3. The number of rotatable bonds is 3. The summed E-state index contributed by atoms with van der Waals surface area (Å²) in [6.45, 7) is 0.563. The maximum atomic E-state index is 16.3. The predicted octanol–water partition coefficient (Wildman–Crippen LogP) is 5.97. The Labute approximate surface area is 214 Å². The molecule has 6 nitrogen and oxygen atoms in total. The van der Waals surface area contributed by atoms with Gasteiger partial charge in [0.2, 0.25) is 0 Å². The van der Waals surface area contributed by atoms with Crippen molar-refractivity contribution in [2.24, 2.45) is 0 Å². The number of thiophene rings is 1. The molecule has 2 unspecified atom stereocenters. The van der Waals surface area contributed by atoms with Gasteiger partial charge in [-0.15, -0.1) is 11.3 Å². The van der Waals surface area contributed by atoms with Gasteiger partial charge in [0.15, 0.2) is 5.82 Å². The van der Waals surface area contributed by atoms with Crippen LogP contribution < -0.4 is 15.4 Å². The lowest BCUT2D eigenvalue weighted by Gasteiger charge is -2.29. The minimum absolute atomic E-state index is 0.0542. The zero-order chi connectivity index (χ0) is 26.2. The summed E-state index contributed by atoms with van der Waals surface area (Å²) < 4.78 is 79.4. The number of methoxy groups -OCH3 is 1. The van der Waals surface area contributed by atoms with Gasteiger partial charge in [-0.1, -0.05) is 6.07 Å². The number of anilines is 2. The van der Waals surface area contributed by atoms with Gasteiger partial charge in [0.05, 0.1) is 22.9 Å². The Morgan fingerprint density at radius 2 is 2.03 bits per heavy atom. The Balaban J connectivity index is 1.72. The molecule has 0 spiro atoms. The highest BCUT2D eigenvalue weighted by Gasteiger charge is 2.42. The first kappa shape index (κ1) is 24.0. The first-order valence-corrected chi connectivity index (χ1v) is 12.9. The summed E-state index contributed by atoms with van der Waals surface area (Å²) in [5.74, 6) is -1.09. The normalized spacial score (nSPS) is 19.2. The molecule has 0 radical (unpaired) electrons. The van der Waals surface area contributed by atoms with Crippen molar-refractivity contribution in [3.63, 3.8) is 0 Å². The number of nitrogen functional groups attached to an aromatic ring is 1. The maximum Gasteiger partial charge on any atom is 0.417 e. The molecular weight excluding hydrogens is 533 g/mol. The van der Waals surface area contributed by atoms with Gasteiger partial charge >= 0.3 is 12.2 Å². The van der Waals surface area contributed by atoms with Crippen LogP contribution in [0.1, 0.15) is 17.5 Å². The summed E-state index contributed by atoms with van der Waals surface area (Å²) in [6, 6.07) is 4.47. The third kappa shape index (κ3) is 3.57. The SMILES string of the molecule is COc1nc(N2CC3CC2CS3)c2cc(C(F)(F)F)c(-c3ccc(F)c4sc(N)c(C#N)c34)c(F)c2n1. The molecule has 4 heterocycles. The lowest BCUT2D eigenvalue weighted by molar-refractivity contribution is -0.137. The fraction of sp³-hybridized carbons (Fsp3) is 0.292. The summed E-state index contributed by atoms with van der Waals surface area (Å²) in [6.07, 6.45) is -4.13. The van der Waals surface area contributed by atoms with Gasteiger partial charge in [0.1, 0.15) is 28.2 Å². The van der Waals surface area contributed by atoms with E-state index in [1.54, 1.807) is 11.8 Å². The van der Waals surface area contributed by atoms with Crippen molar-refractivity contribution in [1.82, 2.24) is 9.97 Å². The summed E-state index contributed by atoms with van der Waals surface area (Å²) in [5, 5.41) is 9.57. The lowest BCUT2D eigenvalue weighted by Crippen LogP contribution is -2.34. The predicted molar refractivity (Wildman–Crippen MR) is 133 cm³/mol. The Morgan fingerprint density at radius 3 is 2.65 bits per heavy atom. The van der Waals surface area contributed by atoms with E-state index in [0.29, 0.717) is 23.1 Å². The van der Waals surface area contributed by atoms with Gasteiger partial charge < -0.3 is 15.4 Å². The van der Waals surface area contributed by atoms with Crippen LogP contribution in [0.5, 0.6) is 6.01 Å². The molecule has 2 aliphatic heterocycles. The average molecular weight is 550 g/mol. The smallest absolute Gasteiger partial charge is 0.417 e. The van der Waals surface area contributed by atoms with E-state index in [1.165, 1.54) is 7.11 Å². The topological polar surface area (TPSA) is 88.1 Å². The Morgan fingerprint density at radius 1 is 1.24 bits per heavy atom. The van der Waals surface area contributed by atoms with Crippen LogP contribution in [0.3, 0.4) is 0 Å². The molecule has 4 aromatic rings. The second kappa shape index (κ2) is 8.32. The number of benzene rings is 2. The second-order valence-corrected chi connectivity index (χ2v) is 11.2. The molecule has 37 heavy (non-hydrogen) atoms. The molecule has 6 rings (SSSR count). The molecule has 0 amide bonds. The number of ether oxygens (including phenoxy) is 1. The Hall–Kier alpha value is -3.37. The summed E-state index contributed by atoms with van der Waals surface area (Å²) in [5.41, 5.74) is 2.85. The third-order valence-corrected chi connectivity index (χ3v) is 9.17. The zero-order valence-electron chi connectivity index (χ0n) is 19.0. The molecule has 0 saturated carbocycles. The first-order chi connectivity index (χ1) is 17.6. The van der Waals surface area contributed by atoms with E-state index >= 15 is 4.39 Å². The fourth-order valence-corrected chi connectivity index (χ4v) is 7.54. The molecule has 2 N–H and O–H groups in total. The Kier molecular flexibility index (Phi) is 5.40. The fourth-order valence-electron chi connectivity index (χ4n) is 5.16. The van der Waals surface area contributed by atoms with E-state index in [1.807, 2.05) is 11.0 Å². The number of hydrogen-bond donors (Lipinski definition) is 1. The van der Waals surface area contributed by atoms with E-state index in [9.17, 15) is 22.8 Å². The molecular formula is C24H16F5N5OS2. The van der Waals surface area contributed by atoms with Crippen LogP contribution >= 0.6 is 23.1 Å². The maximum absolute atomic E-state index is 16.3. The number of aromatic nitrogens is 2. The summed E-state index contributed by atoms with van der Waals surface area (Å²) in [7, 11) is 1.29. The molecule has 2 fully saturated rings. The van der Waals surface area contributed by atoms with Gasteiger partial charge in [0, 0.05) is 39.9 Å². The Bertz CT molecular complexity index is 1650. The van der Waals surface area contributed by atoms with Gasteiger partial charge in [0.25, 0.3) is 0 Å². The second-order valence-electron chi connectivity index (χ2n) is 8.79. The molecule has 0 aliphatic carbocycles. The number of nitrogens with two attached hydrogens (primary N) is 1. The number of thioether (sulfide) groups is 1. The minimum Gasteiger partial charge on any atom is -0.467 e. The van der Waals surface area contributed by atoms with Crippen LogP contribution in [0.25, 0.3) is 32.1 Å². The van der Waals surface area contributed by atoms with Crippen LogP contribution in [-0.4, -0.2) is 40.7 Å². The van der Waals surface area contributed by atoms with Crippen molar-refractivity contribution in [2.45, 2.75) is 23.9 Å². The van der Waals surface area contributed by atoms with Crippen LogP contribution in [-0.2, 0) is 6.18 Å². The molecule has 2 atom stereocenters. The average Bonchev–Trinajstić information content (AvgIpc) is 3.58. The van der Waals surface area contributed by atoms with Gasteiger partial charge in [-0.25, -0.2) is 8.78 Å². The van der Waals surface area contributed by atoms with Crippen LogP contribution in [0.4, 0.5) is 32.8 Å². The monoisotopic (exact) mass is 549 g/mol. The highest BCUT2D eigenvalue weighted by Crippen LogP contribution is 2.49. The molecule has 2 aromatic carbocycles. The van der Waals surface area contributed by atoms with E-state index in [-0.39, 0.29) is 55.0 Å². The van der Waals surface area contributed by atoms with Gasteiger partial charge in [-0.05, 0) is 24.1 Å². The molecule has 2 aliphatic rings. The van der Waals surface area contributed by atoms with E-state index in [4.69, 9.17) is 10.5 Å². The number of alkyl halides is 3. The first-order valence-electron chi connectivity index (χ1n) is 11.1. The van der Waals surface area contributed by atoms with E-state index in [2.05, 4.69) is 9.97 Å². The van der Waals surface area contributed by atoms with Crippen molar-refractivity contribution in [3.05, 3.63) is 41.0 Å². The molecule has 190 valence electrons. The number of hydrogen-bond acceptors (Lipinski definition) is 8. The van der Waals surface area contributed by atoms with Crippen LogP contribution in [0.2, 0.25) is 0 Å². The molecule has 2 saturated heterocycles. The van der Waals surface area contributed by atoms with Crippen molar-refractivity contribution in [2.75, 3.05) is 30.0 Å². The number of halogens is 5. The number of nitriles is 1. The van der Waals surface area contributed by atoms with Crippen molar-refractivity contribution >= 4 is 54.9 Å². The van der Waals surface area contributed by atoms with E-state index < -0.39 is 28.9 Å². The number of nitrogens with zero attached hydrogens (tertiary/aromatic N) is 4. The van der Waals surface area contributed by atoms with Crippen molar-refractivity contribution < 1.29 is 26.7 Å². The van der Waals surface area contributed by atoms with E-state index in [0.717, 1.165) is 30.4 Å². The lowest BCUT2D eigenvalue weighted by atomic mass is 9.92. The van der Waals surface area contributed by atoms with Crippen LogP contribution in [0.15, 0.2) is 18.2 Å². The minimum atomic E-state index is -4.99. The van der Waals surface area contributed by atoms with Crippen molar-refractivity contribution in [3.8, 4) is 23.2 Å². The zero-order valence-corrected chi connectivity index (χ0v) is 20.6. The standard InChI is InChI=1S/C24H16F5N5OS2/c1-35-23-32-19-12(22(33-23)34-7-10-4-9(34)8-36-10)5-14(24(27,28)29)17(18(19)26)11-2-3-15(25)20-16(11)13(6-30)21(31)37-20/h2-3,5,9-10H,4,7-8,31H2,1H3. The highest BCUT2D eigenvalue weighted by atomic mass is 32.2.